The first kappa shape index (κ1) is 18.7. The summed E-state index contributed by atoms with van der Waals surface area (Å²) < 4.78 is 23.5. The van der Waals surface area contributed by atoms with E-state index in [0.717, 1.165) is 33.8 Å². The fourth-order valence-electron chi connectivity index (χ4n) is 3.05. The molecule has 6 nitrogen and oxygen atoms in total. The number of nitrogens with zero attached hydrogens (tertiary/aromatic N) is 1. The third kappa shape index (κ3) is 3.81. The van der Waals surface area contributed by atoms with Gasteiger partial charge >= 0.3 is 0 Å². The first-order valence-electron chi connectivity index (χ1n) is 8.81. The van der Waals surface area contributed by atoms with Crippen LogP contribution in [0.3, 0.4) is 0 Å². The Morgan fingerprint density at radius 1 is 0.893 bits per heavy atom. The molecular formula is C20H19ClN2O4S. The summed E-state index contributed by atoms with van der Waals surface area (Å²) in [7, 11) is 0. The second-order valence-corrected chi connectivity index (χ2v) is 7.18. The van der Waals surface area contributed by atoms with Crippen molar-refractivity contribution in [2.24, 2.45) is 0 Å². The van der Waals surface area contributed by atoms with E-state index in [1.807, 2.05) is 53.9 Å². The van der Waals surface area contributed by atoms with Crippen LogP contribution in [0.5, 0.6) is 23.0 Å². The molecule has 2 aromatic carbocycles. The van der Waals surface area contributed by atoms with Crippen LogP contribution < -0.4 is 24.3 Å². The molecular weight excluding hydrogens is 400 g/mol. The second-order valence-electron chi connectivity index (χ2n) is 6.32. The number of ether oxygens (including phenoxy) is 4. The number of thiazole rings is 1. The number of halogens is 1. The molecule has 1 N–H and O–H groups in total. The highest BCUT2D eigenvalue weighted by molar-refractivity contribution is 7.13. The van der Waals surface area contributed by atoms with Gasteiger partial charge in [-0.1, -0.05) is 24.3 Å². The second kappa shape index (κ2) is 8.16. The van der Waals surface area contributed by atoms with Crippen molar-refractivity contribution in [3.8, 4) is 23.0 Å². The van der Waals surface area contributed by atoms with Gasteiger partial charge < -0.3 is 24.3 Å². The minimum atomic E-state index is -0.201. The summed E-state index contributed by atoms with van der Waals surface area (Å²) in [4.78, 5) is 4.64. The molecule has 0 amide bonds. The topological polar surface area (TPSA) is 61.8 Å². The Labute approximate surface area is 172 Å². The van der Waals surface area contributed by atoms with Crippen LogP contribution in [-0.2, 0) is 0 Å². The molecule has 28 heavy (non-hydrogen) atoms. The lowest BCUT2D eigenvalue weighted by Gasteiger charge is -2.26. The summed E-state index contributed by atoms with van der Waals surface area (Å²) in [6.45, 7) is 1.58. The number of para-hydroxylation sites is 4. The molecule has 0 aliphatic carbocycles. The summed E-state index contributed by atoms with van der Waals surface area (Å²) in [5, 5.41) is 6.16. The summed E-state index contributed by atoms with van der Waals surface area (Å²) >= 11 is 1.54. The molecule has 3 heterocycles. The van der Waals surface area contributed by atoms with Gasteiger partial charge in [0.1, 0.15) is 19.3 Å². The van der Waals surface area contributed by atoms with Gasteiger partial charge in [0.25, 0.3) is 0 Å². The van der Waals surface area contributed by atoms with Gasteiger partial charge in [-0.2, -0.15) is 0 Å². The molecule has 2 aliphatic rings. The molecule has 2 aliphatic heterocycles. The summed E-state index contributed by atoms with van der Waals surface area (Å²) in [6.07, 6.45) is -0.263. The van der Waals surface area contributed by atoms with Crippen molar-refractivity contribution in [2.75, 3.05) is 25.1 Å². The lowest BCUT2D eigenvalue weighted by Crippen LogP contribution is -2.35. The molecule has 0 saturated carbocycles. The fraction of sp³-hybridized carbons (Fsp3) is 0.250. The number of rotatable bonds is 4. The zero-order valence-corrected chi connectivity index (χ0v) is 16.5. The van der Waals surface area contributed by atoms with E-state index in [4.69, 9.17) is 18.9 Å². The quantitative estimate of drug-likeness (QED) is 0.680. The first-order chi connectivity index (χ1) is 13.3. The highest BCUT2D eigenvalue weighted by Crippen LogP contribution is 2.36. The highest BCUT2D eigenvalue weighted by atomic mass is 35.5. The van der Waals surface area contributed by atoms with E-state index in [-0.39, 0.29) is 24.6 Å². The molecule has 0 fully saturated rings. The van der Waals surface area contributed by atoms with Gasteiger partial charge in [-0.15, -0.1) is 23.7 Å². The van der Waals surface area contributed by atoms with E-state index in [2.05, 4.69) is 10.3 Å². The largest absolute Gasteiger partial charge is 0.486 e. The van der Waals surface area contributed by atoms with Crippen LogP contribution in [-0.4, -0.2) is 30.8 Å². The van der Waals surface area contributed by atoms with Crippen LogP contribution in [0.2, 0.25) is 0 Å². The van der Waals surface area contributed by atoms with Crippen molar-refractivity contribution >= 4 is 28.9 Å². The van der Waals surface area contributed by atoms with Gasteiger partial charge in [-0.05, 0) is 24.3 Å². The monoisotopic (exact) mass is 418 g/mol. The smallest absolute Gasteiger partial charge is 0.183 e. The highest BCUT2D eigenvalue weighted by Gasteiger charge is 2.25. The van der Waals surface area contributed by atoms with Gasteiger partial charge in [-0.25, -0.2) is 4.98 Å². The number of aromatic nitrogens is 1. The first-order valence-corrected chi connectivity index (χ1v) is 9.69. The Morgan fingerprint density at radius 2 is 1.54 bits per heavy atom. The molecule has 3 aromatic rings. The van der Waals surface area contributed by atoms with Crippen LogP contribution in [0, 0.1) is 0 Å². The van der Waals surface area contributed by atoms with Crippen LogP contribution in [0.4, 0.5) is 5.13 Å². The molecule has 5 rings (SSSR count). The molecule has 8 heteroatoms. The van der Waals surface area contributed by atoms with Gasteiger partial charge in [0.2, 0.25) is 0 Å². The molecule has 0 spiro atoms. The van der Waals surface area contributed by atoms with Gasteiger partial charge in [0, 0.05) is 5.38 Å². The van der Waals surface area contributed by atoms with Crippen molar-refractivity contribution in [3.63, 3.8) is 0 Å². The average Bonchev–Trinajstić information content (AvgIpc) is 3.21. The Balaban J connectivity index is 0.00000192. The molecule has 2 atom stereocenters. The van der Waals surface area contributed by atoms with Crippen LogP contribution >= 0.6 is 23.7 Å². The predicted molar refractivity (Wildman–Crippen MR) is 110 cm³/mol. The minimum absolute atomic E-state index is 0. The minimum Gasteiger partial charge on any atom is -0.486 e. The third-order valence-corrected chi connectivity index (χ3v) is 5.23. The van der Waals surface area contributed by atoms with Crippen LogP contribution in [0.25, 0.3) is 0 Å². The maximum Gasteiger partial charge on any atom is 0.183 e. The van der Waals surface area contributed by atoms with E-state index < -0.39 is 0 Å². The number of fused-ring (bicyclic) bond motifs is 2. The van der Waals surface area contributed by atoms with E-state index >= 15 is 0 Å². The number of benzene rings is 2. The van der Waals surface area contributed by atoms with Crippen molar-refractivity contribution in [2.45, 2.75) is 12.2 Å². The zero-order chi connectivity index (χ0) is 18.1. The molecule has 0 saturated heterocycles. The Bertz CT molecular complexity index is 951. The molecule has 0 bridgehead atoms. The summed E-state index contributed by atoms with van der Waals surface area (Å²) in [5.74, 6) is 3.10. The third-order valence-electron chi connectivity index (χ3n) is 4.41. The fourth-order valence-corrected chi connectivity index (χ4v) is 3.81. The zero-order valence-electron chi connectivity index (χ0n) is 14.9. The summed E-state index contributed by atoms with van der Waals surface area (Å²) in [6, 6.07) is 15.4. The normalized spacial score (nSPS) is 19.4. The van der Waals surface area contributed by atoms with Crippen LogP contribution in [0.15, 0.2) is 53.9 Å². The van der Waals surface area contributed by atoms with Crippen molar-refractivity contribution in [3.05, 3.63) is 59.6 Å². The Kier molecular flexibility index (Phi) is 5.45. The standard InChI is InChI=1S/C20H18N2O4S.ClH/c1-3-7-17-15(5-1)23-10-13(25-17)9-21-20-22-14(12-27-20)19-11-24-16-6-2-4-8-18(16)26-19;/h1-8,12-13,19H,9-11H2,(H,21,22);1H. The maximum absolute atomic E-state index is 6.01. The van der Waals surface area contributed by atoms with Gasteiger partial charge in [0.05, 0.1) is 12.2 Å². The lowest BCUT2D eigenvalue weighted by molar-refractivity contribution is 0.0887. The van der Waals surface area contributed by atoms with E-state index in [0.29, 0.717) is 19.8 Å². The Hall–Kier alpha value is -2.64. The van der Waals surface area contributed by atoms with E-state index in [1.165, 1.54) is 0 Å². The van der Waals surface area contributed by atoms with Crippen molar-refractivity contribution in [1.29, 1.82) is 0 Å². The van der Waals surface area contributed by atoms with E-state index in [9.17, 15) is 0 Å². The van der Waals surface area contributed by atoms with Gasteiger partial charge in [0.15, 0.2) is 34.2 Å². The average molecular weight is 419 g/mol. The van der Waals surface area contributed by atoms with Gasteiger partial charge in [-0.3, -0.25) is 0 Å². The predicted octanol–water partition coefficient (Wildman–Crippen LogP) is 4.33. The van der Waals surface area contributed by atoms with Crippen LogP contribution in [0.1, 0.15) is 11.8 Å². The van der Waals surface area contributed by atoms with E-state index in [1.54, 1.807) is 11.3 Å². The molecule has 1 aromatic heterocycles. The number of hydrogen-bond donors (Lipinski definition) is 1. The molecule has 146 valence electrons. The number of anilines is 1. The number of nitrogens with one attached hydrogen (secondary N) is 1. The molecule has 0 radical (unpaired) electrons. The van der Waals surface area contributed by atoms with Crippen molar-refractivity contribution in [1.82, 2.24) is 4.98 Å². The maximum atomic E-state index is 6.01. The van der Waals surface area contributed by atoms with Crippen molar-refractivity contribution < 1.29 is 18.9 Å². The lowest BCUT2D eigenvalue weighted by atomic mass is 10.2. The summed E-state index contributed by atoms with van der Waals surface area (Å²) in [5.41, 5.74) is 0.864. The molecule has 2 unspecified atom stereocenters. The number of hydrogen-bond acceptors (Lipinski definition) is 7. The Morgan fingerprint density at radius 3 is 2.29 bits per heavy atom. The SMILES string of the molecule is Cl.c1ccc2c(c1)OCC(CNc1nc(C3COc4ccccc4O3)cs1)O2.